The molecule has 0 saturated heterocycles. The van der Waals surface area contributed by atoms with Gasteiger partial charge in [-0.3, -0.25) is 0 Å². The minimum absolute atomic E-state index is 0.471. The van der Waals surface area contributed by atoms with Crippen LogP contribution in [0.25, 0.3) is 0 Å². The Bertz CT molecular complexity index is 376. The second kappa shape index (κ2) is 4.08. The minimum Gasteiger partial charge on any atom is -0.309 e. The highest BCUT2D eigenvalue weighted by molar-refractivity contribution is 9.10. The lowest BCUT2D eigenvalue weighted by molar-refractivity contribution is 0.542. The summed E-state index contributed by atoms with van der Waals surface area (Å²) < 4.78 is 1.08. The van der Waals surface area contributed by atoms with E-state index in [1.807, 2.05) is 12.1 Å². The molecule has 0 aromatic heterocycles. The molecule has 82 valence electrons. The molecule has 1 N–H and O–H groups in total. The summed E-state index contributed by atoms with van der Waals surface area (Å²) in [6.45, 7) is 5.42. The van der Waals surface area contributed by atoms with Gasteiger partial charge in [0.2, 0.25) is 0 Å². The first kappa shape index (κ1) is 11.4. The van der Waals surface area contributed by atoms with E-state index in [1.165, 1.54) is 6.42 Å². The molecular formula is C12H15BrClN. The lowest BCUT2D eigenvalue weighted by Gasteiger charge is -2.08. The maximum atomic E-state index is 6.11. The van der Waals surface area contributed by atoms with Crippen LogP contribution in [-0.4, -0.2) is 6.04 Å². The van der Waals surface area contributed by atoms with Gasteiger partial charge in [-0.2, -0.15) is 0 Å². The van der Waals surface area contributed by atoms with E-state index in [0.29, 0.717) is 11.5 Å². The quantitative estimate of drug-likeness (QED) is 0.887. The third-order valence-corrected chi connectivity index (χ3v) is 3.92. The third kappa shape index (κ3) is 2.74. The van der Waals surface area contributed by atoms with Crippen LogP contribution in [-0.2, 0) is 6.54 Å². The van der Waals surface area contributed by atoms with Crippen molar-refractivity contribution in [1.29, 1.82) is 0 Å². The van der Waals surface area contributed by atoms with Crippen LogP contribution in [0, 0.1) is 5.41 Å². The molecule has 2 rings (SSSR count). The predicted molar refractivity (Wildman–Crippen MR) is 68.2 cm³/mol. The molecule has 1 unspecified atom stereocenters. The molecule has 15 heavy (non-hydrogen) atoms. The third-order valence-electron chi connectivity index (χ3n) is 3.06. The summed E-state index contributed by atoms with van der Waals surface area (Å²) in [5.41, 5.74) is 1.63. The predicted octanol–water partition coefficient (Wildman–Crippen LogP) is 3.99. The summed E-state index contributed by atoms with van der Waals surface area (Å²) in [7, 11) is 0. The van der Waals surface area contributed by atoms with Gasteiger partial charge in [-0.05, 0) is 35.6 Å². The van der Waals surface area contributed by atoms with Gasteiger partial charge in [-0.25, -0.2) is 0 Å². The van der Waals surface area contributed by atoms with Gasteiger partial charge in [-0.1, -0.05) is 41.4 Å². The van der Waals surface area contributed by atoms with Gasteiger partial charge < -0.3 is 5.32 Å². The molecular weight excluding hydrogens is 273 g/mol. The van der Waals surface area contributed by atoms with E-state index >= 15 is 0 Å². The molecule has 0 amide bonds. The molecule has 1 aromatic rings. The first-order valence-corrected chi connectivity index (χ1v) is 6.33. The molecule has 0 heterocycles. The molecule has 1 saturated carbocycles. The fourth-order valence-electron chi connectivity index (χ4n) is 1.73. The number of hydrogen-bond donors (Lipinski definition) is 1. The summed E-state index contributed by atoms with van der Waals surface area (Å²) in [6.07, 6.45) is 1.26. The molecule has 1 fully saturated rings. The van der Waals surface area contributed by atoms with Gasteiger partial charge in [0.15, 0.2) is 0 Å². The topological polar surface area (TPSA) is 12.0 Å². The summed E-state index contributed by atoms with van der Waals surface area (Å²) in [4.78, 5) is 0. The van der Waals surface area contributed by atoms with Gasteiger partial charge in [0.1, 0.15) is 0 Å². The monoisotopic (exact) mass is 287 g/mol. The zero-order valence-electron chi connectivity index (χ0n) is 8.98. The lowest BCUT2D eigenvalue weighted by Crippen LogP contribution is -2.20. The molecule has 3 heteroatoms. The Morgan fingerprint density at radius 1 is 1.53 bits per heavy atom. The summed E-state index contributed by atoms with van der Waals surface area (Å²) in [5.74, 6) is 0. The molecule has 0 spiro atoms. The number of rotatable bonds is 3. The standard InChI is InChI=1S/C12H15BrClN/c1-12(2)6-11(12)15-7-8-5-9(13)3-4-10(8)14/h3-5,11,15H,6-7H2,1-2H3. The van der Waals surface area contributed by atoms with Crippen LogP contribution < -0.4 is 5.32 Å². The van der Waals surface area contributed by atoms with Crippen LogP contribution in [0.2, 0.25) is 5.02 Å². The largest absolute Gasteiger partial charge is 0.309 e. The van der Waals surface area contributed by atoms with Gasteiger partial charge in [0.25, 0.3) is 0 Å². The van der Waals surface area contributed by atoms with Crippen LogP contribution >= 0.6 is 27.5 Å². The van der Waals surface area contributed by atoms with Crippen molar-refractivity contribution in [1.82, 2.24) is 5.32 Å². The van der Waals surface area contributed by atoms with E-state index in [0.717, 1.165) is 21.6 Å². The van der Waals surface area contributed by atoms with Crippen LogP contribution in [0.3, 0.4) is 0 Å². The molecule has 0 radical (unpaired) electrons. The zero-order chi connectivity index (χ0) is 11.1. The van der Waals surface area contributed by atoms with Gasteiger partial charge in [0.05, 0.1) is 0 Å². The maximum Gasteiger partial charge on any atom is 0.0451 e. The fraction of sp³-hybridized carbons (Fsp3) is 0.500. The highest BCUT2D eigenvalue weighted by Crippen LogP contribution is 2.44. The van der Waals surface area contributed by atoms with E-state index in [4.69, 9.17) is 11.6 Å². The second-order valence-corrected chi connectivity index (χ2v) is 6.18. The van der Waals surface area contributed by atoms with E-state index in [-0.39, 0.29) is 0 Å². The molecule has 1 aliphatic carbocycles. The van der Waals surface area contributed by atoms with Crippen molar-refractivity contribution < 1.29 is 0 Å². The number of benzene rings is 1. The fourth-order valence-corrected chi connectivity index (χ4v) is 2.32. The first-order chi connectivity index (χ1) is 6.99. The SMILES string of the molecule is CC1(C)CC1NCc1cc(Br)ccc1Cl. The Kier molecular flexibility index (Phi) is 3.11. The van der Waals surface area contributed by atoms with Crippen molar-refractivity contribution in [3.05, 3.63) is 33.3 Å². The highest BCUT2D eigenvalue weighted by atomic mass is 79.9. The molecule has 0 bridgehead atoms. The van der Waals surface area contributed by atoms with Crippen LogP contribution in [0.5, 0.6) is 0 Å². The number of hydrogen-bond acceptors (Lipinski definition) is 1. The lowest BCUT2D eigenvalue weighted by atomic mass is 10.2. The Morgan fingerprint density at radius 3 is 2.80 bits per heavy atom. The summed E-state index contributed by atoms with van der Waals surface area (Å²) in [5, 5.41) is 4.36. The van der Waals surface area contributed by atoms with Crippen molar-refractivity contribution in [3.8, 4) is 0 Å². The van der Waals surface area contributed by atoms with E-state index < -0.39 is 0 Å². The van der Waals surface area contributed by atoms with E-state index in [1.54, 1.807) is 0 Å². The van der Waals surface area contributed by atoms with Gasteiger partial charge >= 0.3 is 0 Å². The van der Waals surface area contributed by atoms with Crippen molar-refractivity contribution in [2.24, 2.45) is 5.41 Å². The van der Waals surface area contributed by atoms with Crippen LogP contribution in [0.1, 0.15) is 25.8 Å². The molecule has 1 atom stereocenters. The normalized spacial score (nSPS) is 22.8. The molecule has 1 nitrogen and oxygen atoms in total. The van der Waals surface area contributed by atoms with Crippen molar-refractivity contribution >= 4 is 27.5 Å². The van der Waals surface area contributed by atoms with Crippen molar-refractivity contribution in [2.75, 3.05) is 0 Å². The molecule has 0 aliphatic heterocycles. The average Bonchev–Trinajstić information content (AvgIpc) is 2.76. The number of nitrogens with one attached hydrogen (secondary N) is 1. The maximum absolute atomic E-state index is 6.11. The average molecular weight is 289 g/mol. The summed E-state index contributed by atoms with van der Waals surface area (Å²) in [6, 6.07) is 6.62. The summed E-state index contributed by atoms with van der Waals surface area (Å²) >= 11 is 9.57. The second-order valence-electron chi connectivity index (χ2n) is 4.86. The molecule has 1 aliphatic rings. The highest BCUT2D eigenvalue weighted by Gasteiger charge is 2.44. The zero-order valence-corrected chi connectivity index (χ0v) is 11.3. The Balaban J connectivity index is 1.96. The van der Waals surface area contributed by atoms with Gasteiger partial charge in [0, 0.05) is 22.1 Å². The molecule has 1 aromatic carbocycles. The van der Waals surface area contributed by atoms with Crippen LogP contribution in [0.15, 0.2) is 22.7 Å². The Hall–Kier alpha value is -0.0500. The number of halogens is 2. The van der Waals surface area contributed by atoms with Gasteiger partial charge in [-0.15, -0.1) is 0 Å². The minimum atomic E-state index is 0.471. The van der Waals surface area contributed by atoms with Crippen molar-refractivity contribution in [3.63, 3.8) is 0 Å². The van der Waals surface area contributed by atoms with E-state index in [2.05, 4.69) is 41.2 Å². The van der Waals surface area contributed by atoms with Crippen LogP contribution in [0.4, 0.5) is 0 Å². The Morgan fingerprint density at radius 2 is 2.20 bits per heavy atom. The first-order valence-electron chi connectivity index (χ1n) is 5.16. The van der Waals surface area contributed by atoms with Crippen molar-refractivity contribution in [2.45, 2.75) is 32.9 Å². The van der Waals surface area contributed by atoms with E-state index in [9.17, 15) is 0 Å². The smallest absolute Gasteiger partial charge is 0.0451 e. The Labute approximate surface area is 104 Å².